The number of benzene rings is 1. The van der Waals surface area contributed by atoms with Gasteiger partial charge < -0.3 is 14.5 Å². The lowest BCUT2D eigenvalue weighted by atomic mass is 10.3. The lowest BCUT2D eigenvalue weighted by Gasteiger charge is -2.34. The Morgan fingerprint density at radius 2 is 1.82 bits per heavy atom. The highest BCUT2D eigenvalue weighted by molar-refractivity contribution is 7.89. The molecule has 0 unspecified atom stereocenters. The monoisotopic (exact) mass is 425 g/mol. The van der Waals surface area contributed by atoms with Gasteiger partial charge in [0.15, 0.2) is 0 Å². The Morgan fingerprint density at radius 1 is 1.07 bits per heavy atom. The zero-order chi connectivity index (χ0) is 19.6. The van der Waals surface area contributed by atoms with Crippen LogP contribution >= 0.6 is 11.7 Å². The highest BCUT2D eigenvalue weighted by Crippen LogP contribution is 2.25. The van der Waals surface area contributed by atoms with E-state index in [9.17, 15) is 13.2 Å². The Kier molecular flexibility index (Phi) is 5.88. The van der Waals surface area contributed by atoms with Gasteiger partial charge in [0, 0.05) is 52.2 Å². The molecule has 1 aromatic carbocycles. The maximum absolute atomic E-state index is 13.1. The highest BCUT2D eigenvalue weighted by atomic mass is 32.2. The summed E-state index contributed by atoms with van der Waals surface area (Å²) in [7, 11) is -3.61. The predicted octanol–water partition coefficient (Wildman–Crippen LogP) is 0.247. The van der Waals surface area contributed by atoms with Crippen LogP contribution in [0.3, 0.4) is 0 Å². The number of ether oxygens (including phenoxy) is 1. The van der Waals surface area contributed by atoms with E-state index >= 15 is 0 Å². The molecule has 0 saturated carbocycles. The third kappa shape index (κ3) is 4.03. The van der Waals surface area contributed by atoms with Crippen molar-refractivity contribution < 1.29 is 17.9 Å². The number of carbonyl (C=O) groups is 1. The Hall–Kier alpha value is -1.66. The van der Waals surface area contributed by atoms with Crippen molar-refractivity contribution in [3.05, 3.63) is 18.2 Å². The molecule has 11 heteroatoms. The molecule has 0 spiro atoms. The minimum atomic E-state index is -3.61. The first-order chi connectivity index (χ1) is 13.6. The van der Waals surface area contributed by atoms with E-state index in [1.54, 1.807) is 18.2 Å². The van der Waals surface area contributed by atoms with Crippen LogP contribution in [0.15, 0.2) is 23.1 Å². The van der Waals surface area contributed by atoms with E-state index in [4.69, 9.17) is 4.74 Å². The Labute approximate surface area is 168 Å². The first kappa shape index (κ1) is 19.6. The lowest BCUT2D eigenvalue weighted by Crippen LogP contribution is -2.49. The van der Waals surface area contributed by atoms with Crippen LogP contribution in [-0.2, 0) is 19.6 Å². The second-order valence-corrected chi connectivity index (χ2v) is 9.31. The minimum absolute atomic E-state index is 0.140. The third-order valence-corrected chi connectivity index (χ3v) is 7.68. The number of morpholine rings is 1. The number of aromatic nitrogens is 2. The number of sulfonamides is 1. The van der Waals surface area contributed by atoms with Gasteiger partial charge in [0.05, 0.1) is 24.9 Å². The summed E-state index contributed by atoms with van der Waals surface area (Å²) in [5.41, 5.74) is 1.04. The predicted molar refractivity (Wildman–Crippen MR) is 105 cm³/mol. The van der Waals surface area contributed by atoms with Crippen LogP contribution in [0.4, 0.5) is 0 Å². The molecule has 0 bridgehead atoms. The second-order valence-electron chi connectivity index (χ2n) is 6.88. The molecule has 0 N–H and O–H groups in total. The lowest BCUT2D eigenvalue weighted by molar-refractivity contribution is -0.135. The molecule has 2 aromatic rings. The molecular weight excluding hydrogens is 402 g/mol. The standard InChI is InChI=1S/C17H23N5O4S2/c23-16(21-10-12-26-13-11-21)4-5-20-6-8-22(9-7-20)28(24,25)15-3-1-2-14-17(15)19-27-18-14/h1-3H,4-13H2. The van der Waals surface area contributed by atoms with Gasteiger partial charge in [0.2, 0.25) is 15.9 Å². The van der Waals surface area contributed by atoms with Gasteiger partial charge in [-0.2, -0.15) is 13.1 Å². The van der Waals surface area contributed by atoms with Gasteiger partial charge in [-0.25, -0.2) is 8.42 Å². The zero-order valence-electron chi connectivity index (χ0n) is 15.5. The van der Waals surface area contributed by atoms with Crippen molar-refractivity contribution in [2.24, 2.45) is 0 Å². The molecule has 2 aliphatic heterocycles. The first-order valence-corrected chi connectivity index (χ1v) is 11.5. The number of hydrogen-bond donors (Lipinski definition) is 0. The highest BCUT2D eigenvalue weighted by Gasteiger charge is 2.31. The molecule has 3 heterocycles. The molecule has 2 fully saturated rings. The Balaban J connectivity index is 1.33. The third-order valence-electron chi connectivity index (χ3n) is 5.20. The van der Waals surface area contributed by atoms with Crippen LogP contribution in [-0.4, -0.2) is 96.2 Å². The summed E-state index contributed by atoms with van der Waals surface area (Å²) in [5.74, 6) is 0.140. The SMILES string of the molecule is O=C(CCN1CCN(S(=O)(=O)c2cccc3nsnc23)CC1)N1CCOCC1. The van der Waals surface area contributed by atoms with Crippen molar-refractivity contribution in [1.82, 2.24) is 22.9 Å². The largest absolute Gasteiger partial charge is 0.378 e. The van der Waals surface area contributed by atoms with Crippen molar-refractivity contribution in [3.63, 3.8) is 0 Å². The number of amides is 1. The zero-order valence-corrected chi connectivity index (χ0v) is 17.1. The molecule has 1 aromatic heterocycles. The molecule has 0 radical (unpaired) electrons. The van der Waals surface area contributed by atoms with E-state index < -0.39 is 10.0 Å². The van der Waals surface area contributed by atoms with Crippen molar-refractivity contribution in [3.8, 4) is 0 Å². The van der Waals surface area contributed by atoms with Gasteiger partial charge in [-0.15, -0.1) is 0 Å². The van der Waals surface area contributed by atoms with Gasteiger partial charge in [-0.3, -0.25) is 4.79 Å². The Bertz CT molecular complexity index is 934. The van der Waals surface area contributed by atoms with Crippen LogP contribution in [0.1, 0.15) is 6.42 Å². The Morgan fingerprint density at radius 3 is 2.57 bits per heavy atom. The van der Waals surface area contributed by atoms with E-state index in [0.29, 0.717) is 76.5 Å². The van der Waals surface area contributed by atoms with E-state index in [-0.39, 0.29) is 10.8 Å². The summed E-state index contributed by atoms with van der Waals surface area (Å²) in [6, 6.07) is 5.05. The van der Waals surface area contributed by atoms with E-state index in [1.165, 1.54) is 4.31 Å². The van der Waals surface area contributed by atoms with Gasteiger partial charge in [0.1, 0.15) is 15.9 Å². The fourth-order valence-electron chi connectivity index (χ4n) is 3.55. The second kappa shape index (κ2) is 8.37. The molecule has 1 amide bonds. The van der Waals surface area contributed by atoms with Crippen molar-refractivity contribution in [2.45, 2.75) is 11.3 Å². The number of rotatable bonds is 5. The van der Waals surface area contributed by atoms with Crippen LogP contribution in [0.25, 0.3) is 11.0 Å². The molecular formula is C17H23N5O4S2. The normalized spacial score (nSPS) is 19.9. The molecule has 4 rings (SSSR count). The van der Waals surface area contributed by atoms with E-state index in [1.807, 2.05) is 4.90 Å². The fourth-order valence-corrected chi connectivity index (χ4v) is 5.72. The quantitative estimate of drug-likeness (QED) is 0.677. The maximum atomic E-state index is 13.1. The average molecular weight is 426 g/mol. The number of carbonyl (C=O) groups excluding carboxylic acids is 1. The van der Waals surface area contributed by atoms with Crippen LogP contribution < -0.4 is 0 Å². The van der Waals surface area contributed by atoms with Crippen molar-refractivity contribution in [1.29, 1.82) is 0 Å². The van der Waals surface area contributed by atoms with Crippen molar-refractivity contribution >= 4 is 38.7 Å². The van der Waals surface area contributed by atoms with E-state index in [0.717, 1.165) is 11.7 Å². The summed E-state index contributed by atoms with van der Waals surface area (Å²) in [4.78, 5) is 16.5. The molecule has 0 atom stereocenters. The molecule has 152 valence electrons. The van der Waals surface area contributed by atoms with Crippen LogP contribution in [0.2, 0.25) is 0 Å². The topological polar surface area (TPSA) is 95.9 Å². The molecule has 0 aliphatic carbocycles. The minimum Gasteiger partial charge on any atom is -0.378 e. The molecule has 2 saturated heterocycles. The molecule has 9 nitrogen and oxygen atoms in total. The number of nitrogens with zero attached hydrogens (tertiary/aromatic N) is 5. The van der Waals surface area contributed by atoms with Gasteiger partial charge >= 0.3 is 0 Å². The van der Waals surface area contributed by atoms with Gasteiger partial charge in [-0.05, 0) is 12.1 Å². The van der Waals surface area contributed by atoms with Gasteiger partial charge in [-0.1, -0.05) is 6.07 Å². The maximum Gasteiger partial charge on any atom is 0.245 e. The summed E-state index contributed by atoms with van der Waals surface area (Å²) >= 11 is 1.02. The summed E-state index contributed by atoms with van der Waals surface area (Å²) in [5, 5.41) is 0. The molecule has 2 aliphatic rings. The van der Waals surface area contributed by atoms with Gasteiger partial charge in [0.25, 0.3) is 0 Å². The molecule has 28 heavy (non-hydrogen) atoms. The smallest absolute Gasteiger partial charge is 0.245 e. The van der Waals surface area contributed by atoms with Crippen LogP contribution in [0.5, 0.6) is 0 Å². The summed E-state index contributed by atoms with van der Waals surface area (Å²) in [6.45, 7) is 5.19. The first-order valence-electron chi connectivity index (χ1n) is 9.35. The number of piperazine rings is 1. The number of fused-ring (bicyclic) bond motifs is 1. The summed E-state index contributed by atoms with van der Waals surface area (Å²) < 4.78 is 41.1. The average Bonchev–Trinajstić information content (AvgIpc) is 3.21. The summed E-state index contributed by atoms with van der Waals surface area (Å²) in [6.07, 6.45) is 0.455. The van der Waals surface area contributed by atoms with E-state index in [2.05, 4.69) is 13.6 Å². The number of hydrogen-bond acceptors (Lipinski definition) is 8. The fraction of sp³-hybridized carbons (Fsp3) is 0.588. The van der Waals surface area contributed by atoms with Crippen LogP contribution in [0, 0.1) is 0 Å². The van der Waals surface area contributed by atoms with Crippen molar-refractivity contribution in [2.75, 3.05) is 59.0 Å².